The number of rotatable bonds is 2. The van der Waals surface area contributed by atoms with Gasteiger partial charge in [0.25, 0.3) is 5.91 Å². The number of likely N-dealkylation sites (N-methyl/N-ethyl adjacent to an activating group) is 1. The second-order valence-electron chi connectivity index (χ2n) is 7.34. The molecule has 2 aromatic carbocycles. The van der Waals surface area contributed by atoms with E-state index in [9.17, 15) is 9.59 Å². The molecule has 140 valence electrons. The van der Waals surface area contributed by atoms with Crippen molar-refractivity contribution in [2.45, 2.75) is 32.5 Å². The van der Waals surface area contributed by atoms with E-state index < -0.39 is 17.9 Å². The highest BCUT2D eigenvalue weighted by molar-refractivity contribution is 6.19. The first-order chi connectivity index (χ1) is 12.8. The summed E-state index contributed by atoms with van der Waals surface area (Å²) in [6.07, 6.45) is -1.65. The third kappa shape index (κ3) is 4.16. The number of fused-ring (bicyclic) bond motifs is 1. The second kappa shape index (κ2) is 7.23. The molecule has 1 heterocycles. The molecule has 0 spiro atoms. The Morgan fingerprint density at radius 3 is 2.37 bits per heavy atom. The van der Waals surface area contributed by atoms with Gasteiger partial charge in [0, 0.05) is 18.2 Å². The van der Waals surface area contributed by atoms with Crippen molar-refractivity contribution in [3.63, 3.8) is 0 Å². The van der Waals surface area contributed by atoms with Crippen molar-refractivity contribution in [3.05, 3.63) is 65.7 Å². The molecule has 0 saturated carbocycles. The van der Waals surface area contributed by atoms with Crippen molar-refractivity contribution in [2.24, 2.45) is 4.99 Å². The van der Waals surface area contributed by atoms with Gasteiger partial charge in [0.15, 0.2) is 0 Å². The smallest absolute Gasteiger partial charge is 0.412 e. The summed E-state index contributed by atoms with van der Waals surface area (Å²) in [5, 5.41) is 2.87. The number of amides is 2. The number of anilines is 1. The lowest BCUT2D eigenvalue weighted by Gasteiger charge is -2.27. The number of carbonyl (C=O) groups is 2. The lowest BCUT2D eigenvalue weighted by Crippen LogP contribution is -2.45. The quantitative estimate of drug-likeness (QED) is 0.883. The van der Waals surface area contributed by atoms with Gasteiger partial charge in [-0.1, -0.05) is 48.5 Å². The molecule has 27 heavy (non-hydrogen) atoms. The van der Waals surface area contributed by atoms with Gasteiger partial charge >= 0.3 is 6.09 Å². The maximum absolute atomic E-state index is 12.8. The summed E-state index contributed by atoms with van der Waals surface area (Å²) in [6.45, 7) is 5.33. The highest BCUT2D eigenvalue weighted by atomic mass is 16.6. The standard InChI is InChI=1S/C21H23N3O3/c1-21(2,3)27-20(26)24(4)18-19(25)22-16-13-9-8-12-15(16)17(23-18)14-10-6-5-7-11-14/h5-13,18H,1-4H3,(H,22,25). The molecule has 1 N–H and O–H groups in total. The molecule has 3 rings (SSSR count). The molecule has 1 aliphatic rings. The van der Waals surface area contributed by atoms with Crippen molar-refractivity contribution < 1.29 is 14.3 Å². The number of carbonyl (C=O) groups excluding carboxylic acids is 2. The Bertz CT molecular complexity index is 885. The van der Waals surface area contributed by atoms with E-state index in [0.717, 1.165) is 11.1 Å². The van der Waals surface area contributed by atoms with Gasteiger partial charge in [0.05, 0.1) is 11.4 Å². The maximum Gasteiger partial charge on any atom is 0.412 e. The zero-order chi connectivity index (χ0) is 19.6. The van der Waals surface area contributed by atoms with E-state index in [2.05, 4.69) is 10.3 Å². The summed E-state index contributed by atoms with van der Waals surface area (Å²) < 4.78 is 5.40. The van der Waals surface area contributed by atoms with E-state index in [1.54, 1.807) is 20.8 Å². The first-order valence-electron chi connectivity index (χ1n) is 8.75. The van der Waals surface area contributed by atoms with Gasteiger partial charge in [0.1, 0.15) is 5.60 Å². The number of benzene rings is 2. The summed E-state index contributed by atoms with van der Waals surface area (Å²) in [4.78, 5) is 31.2. The Kier molecular flexibility index (Phi) is 4.99. The molecule has 6 nitrogen and oxygen atoms in total. The number of hydrogen-bond donors (Lipinski definition) is 1. The fourth-order valence-corrected chi connectivity index (χ4v) is 2.77. The zero-order valence-corrected chi connectivity index (χ0v) is 15.9. The van der Waals surface area contributed by atoms with Crippen LogP contribution >= 0.6 is 0 Å². The summed E-state index contributed by atoms with van der Waals surface area (Å²) in [6, 6.07) is 17.0. The van der Waals surface area contributed by atoms with Crippen molar-refractivity contribution in [1.82, 2.24) is 4.90 Å². The summed E-state index contributed by atoms with van der Waals surface area (Å²) in [7, 11) is 1.51. The Morgan fingerprint density at radius 1 is 1.07 bits per heavy atom. The molecule has 2 amide bonds. The molecular formula is C21H23N3O3. The van der Waals surface area contributed by atoms with Crippen LogP contribution in [0.25, 0.3) is 0 Å². The fourth-order valence-electron chi connectivity index (χ4n) is 2.77. The number of hydrogen-bond acceptors (Lipinski definition) is 4. The van der Waals surface area contributed by atoms with E-state index in [1.165, 1.54) is 11.9 Å². The molecule has 1 unspecified atom stereocenters. The molecule has 0 fully saturated rings. The lowest BCUT2D eigenvalue weighted by molar-refractivity contribution is -0.120. The van der Waals surface area contributed by atoms with Crippen LogP contribution < -0.4 is 5.32 Å². The SMILES string of the molecule is CN(C(=O)OC(C)(C)C)C1N=C(c2ccccc2)c2ccccc2NC1=O. The minimum Gasteiger partial charge on any atom is -0.444 e. The molecule has 0 saturated heterocycles. The molecule has 0 bridgehead atoms. The van der Waals surface area contributed by atoms with E-state index in [0.29, 0.717) is 11.4 Å². The Balaban J connectivity index is 2.05. The normalized spacial score (nSPS) is 16.5. The van der Waals surface area contributed by atoms with E-state index >= 15 is 0 Å². The number of ether oxygens (including phenoxy) is 1. The van der Waals surface area contributed by atoms with Crippen LogP contribution in [-0.4, -0.2) is 41.4 Å². The molecule has 6 heteroatoms. The van der Waals surface area contributed by atoms with Crippen LogP contribution in [0, 0.1) is 0 Å². The van der Waals surface area contributed by atoms with Crippen molar-refractivity contribution >= 4 is 23.4 Å². The Hall–Kier alpha value is -3.15. The minimum absolute atomic E-state index is 0.387. The molecule has 1 atom stereocenters. The number of para-hydroxylation sites is 1. The van der Waals surface area contributed by atoms with Crippen LogP contribution in [0.1, 0.15) is 31.9 Å². The highest BCUT2D eigenvalue weighted by Crippen LogP contribution is 2.25. The van der Waals surface area contributed by atoms with Crippen molar-refractivity contribution in [3.8, 4) is 0 Å². The Labute approximate surface area is 158 Å². The summed E-state index contributed by atoms with van der Waals surface area (Å²) >= 11 is 0. The molecule has 0 radical (unpaired) electrons. The summed E-state index contributed by atoms with van der Waals surface area (Å²) in [5.41, 5.74) is 2.30. The van der Waals surface area contributed by atoms with Crippen LogP contribution in [0.2, 0.25) is 0 Å². The molecular weight excluding hydrogens is 342 g/mol. The monoisotopic (exact) mass is 365 g/mol. The molecule has 2 aromatic rings. The van der Waals surface area contributed by atoms with E-state index in [4.69, 9.17) is 4.74 Å². The number of nitrogens with one attached hydrogen (secondary N) is 1. The van der Waals surface area contributed by atoms with E-state index in [-0.39, 0.29) is 5.91 Å². The number of nitrogens with zero attached hydrogens (tertiary/aromatic N) is 2. The Morgan fingerprint density at radius 2 is 1.70 bits per heavy atom. The van der Waals surface area contributed by atoms with Crippen LogP contribution in [0.3, 0.4) is 0 Å². The summed E-state index contributed by atoms with van der Waals surface area (Å²) in [5.74, 6) is -0.387. The van der Waals surface area contributed by atoms with Crippen LogP contribution in [-0.2, 0) is 9.53 Å². The van der Waals surface area contributed by atoms with Gasteiger partial charge in [-0.2, -0.15) is 0 Å². The third-order valence-corrected chi connectivity index (χ3v) is 4.02. The lowest BCUT2D eigenvalue weighted by atomic mass is 10.0. The van der Waals surface area contributed by atoms with Crippen LogP contribution in [0.4, 0.5) is 10.5 Å². The molecule has 0 aromatic heterocycles. The predicted octanol–water partition coefficient (Wildman–Crippen LogP) is 3.67. The third-order valence-electron chi connectivity index (χ3n) is 4.02. The van der Waals surface area contributed by atoms with E-state index in [1.807, 2.05) is 54.6 Å². The fraction of sp³-hybridized carbons (Fsp3) is 0.286. The zero-order valence-electron chi connectivity index (χ0n) is 15.9. The average molecular weight is 365 g/mol. The van der Waals surface area contributed by atoms with Gasteiger partial charge in [-0.15, -0.1) is 0 Å². The molecule has 1 aliphatic heterocycles. The van der Waals surface area contributed by atoms with Crippen LogP contribution in [0.5, 0.6) is 0 Å². The topological polar surface area (TPSA) is 71.0 Å². The first kappa shape index (κ1) is 18.6. The highest BCUT2D eigenvalue weighted by Gasteiger charge is 2.33. The van der Waals surface area contributed by atoms with Crippen molar-refractivity contribution in [1.29, 1.82) is 0 Å². The van der Waals surface area contributed by atoms with Gasteiger partial charge in [0.2, 0.25) is 6.17 Å². The predicted molar refractivity (Wildman–Crippen MR) is 105 cm³/mol. The number of benzodiazepines with no additional fused rings is 1. The largest absolute Gasteiger partial charge is 0.444 e. The number of aliphatic imine (C=N–C) groups is 1. The first-order valence-corrected chi connectivity index (χ1v) is 8.75. The van der Waals surface area contributed by atoms with Crippen molar-refractivity contribution in [2.75, 3.05) is 12.4 Å². The molecule has 0 aliphatic carbocycles. The van der Waals surface area contributed by atoms with Gasteiger partial charge in [-0.3, -0.25) is 9.69 Å². The minimum atomic E-state index is -1.04. The second-order valence-corrected chi connectivity index (χ2v) is 7.34. The average Bonchev–Trinajstić information content (AvgIpc) is 2.76. The van der Waals surface area contributed by atoms with Crippen LogP contribution in [0.15, 0.2) is 59.6 Å². The van der Waals surface area contributed by atoms with Gasteiger partial charge in [-0.05, 0) is 26.8 Å². The van der Waals surface area contributed by atoms with Gasteiger partial charge < -0.3 is 10.1 Å². The maximum atomic E-state index is 12.8. The van der Waals surface area contributed by atoms with Gasteiger partial charge in [-0.25, -0.2) is 9.79 Å².